The highest BCUT2D eigenvalue weighted by atomic mass is 32.2. The molecule has 0 unspecified atom stereocenters. The minimum Gasteiger partial charge on any atom is -0.481 e. The Labute approximate surface area is 416 Å². The van der Waals surface area contributed by atoms with Crippen molar-refractivity contribution in [1.82, 2.24) is 42.5 Å². The first-order chi connectivity index (χ1) is 33.1. The zero-order valence-corrected chi connectivity index (χ0v) is 42.7. The van der Waals surface area contributed by atoms with Crippen molar-refractivity contribution >= 4 is 71.0 Å². The lowest BCUT2D eigenvalue weighted by molar-refractivity contribution is -0.144. The van der Waals surface area contributed by atoms with Crippen LogP contribution in [0.15, 0.2) is 0 Å². The van der Waals surface area contributed by atoms with Gasteiger partial charge in [-0.15, -0.1) is 0 Å². The van der Waals surface area contributed by atoms with Crippen LogP contribution in [0.2, 0.25) is 0 Å². The number of nitrogens with two attached hydrogens (primary N) is 4. The number of rotatable bonds is 39. The van der Waals surface area contributed by atoms with Gasteiger partial charge in [0.15, 0.2) is 0 Å². The van der Waals surface area contributed by atoms with Crippen molar-refractivity contribution in [3.63, 3.8) is 0 Å². The van der Waals surface area contributed by atoms with Gasteiger partial charge in [0.2, 0.25) is 47.3 Å². The van der Waals surface area contributed by atoms with Crippen molar-refractivity contribution in [3.8, 4) is 0 Å². The Hall–Kier alpha value is -5.11. The summed E-state index contributed by atoms with van der Waals surface area (Å²) in [5.74, 6) is -9.07. The van der Waals surface area contributed by atoms with E-state index < -0.39 is 139 Å². The van der Waals surface area contributed by atoms with Crippen molar-refractivity contribution in [1.29, 1.82) is 0 Å². The third-order valence-electron chi connectivity index (χ3n) is 11.8. The minimum atomic E-state index is -1.52. The van der Waals surface area contributed by atoms with Gasteiger partial charge in [0.05, 0.1) is 12.6 Å². The quantitative estimate of drug-likeness (QED) is 0.0297. The minimum absolute atomic E-state index is 0.0165. The topological polar surface area (TPSA) is 411 Å². The number of hydrogen-bond donors (Lipinski definition) is 14. The average molecular weight is 1020 g/mol. The van der Waals surface area contributed by atoms with Gasteiger partial charge in [-0.3, -0.25) is 43.2 Å². The molecule has 0 fully saturated rings. The van der Waals surface area contributed by atoms with Crippen molar-refractivity contribution in [2.75, 3.05) is 38.2 Å². The molecule has 0 aromatic carbocycles. The molecule has 24 nitrogen and oxygen atoms in total. The van der Waals surface area contributed by atoms with E-state index in [1.807, 2.05) is 6.26 Å². The Morgan fingerprint density at radius 1 is 0.500 bits per heavy atom. The summed E-state index contributed by atoms with van der Waals surface area (Å²) in [5.41, 5.74) is 22.9. The lowest BCUT2D eigenvalue weighted by Gasteiger charge is -2.29. The average Bonchev–Trinajstić information content (AvgIpc) is 3.32. The van der Waals surface area contributed by atoms with E-state index in [9.17, 15) is 58.2 Å². The van der Waals surface area contributed by atoms with Crippen LogP contribution in [0.5, 0.6) is 0 Å². The molecule has 0 aliphatic rings. The molecule has 0 heterocycles. The maximum atomic E-state index is 14.0. The smallest absolute Gasteiger partial charge is 0.326 e. The van der Waals surface area contributed by atoms with E-state index in [-0.39, 0.29) is 25.8 Å². The van der Waals surface area contributed by atoms with E-state index in [1.165, 1.54) is 18.7 Å². The van der Waals surface area contributed by atoms with Gasteiger partial charge in [-0.2, -0.15) is 11.8 Å². The largest absolute Gasteiger partial charge is 0.481 e. The van der Waals surface area contributed by atoms with Crippen molar-refractivity contribution in [2.24, 2.45) is 34.8 Å². The molecule has 0 saturated heterocycles. The van der Waals surface area contributed by atoms with Gasteiger partial charge in [0.1, 0.15) is 42.3 Å². The van der Waals surface area contributed by atoms with Gasteiger partial charge in [-0.25, -0.2) is 4.79 Å². The zero-order valence-electron chi connectivity index (χ0n) is 41.9. The summed E-state index contributed by atoms with van der Waals surface area (Å²) in [4.78, 5) is 131. The summed E-state index contributed by atoms with van der Waals surface area (Å²) in [6, 6.07) is -9.55. The predicted octanol–water partition coefficient (Wildman–Crippen LogP) is -1.97. The first-order valence-electron chi connectivity index (χ1n) is 24.3. The second-order valence-corrected chi connectivity index (χ2v) is 18.5. The Kier molecular flexibility index (Phi) is 34.1. The molecule has 8 amide bonds. The van der Waals surface area contributed by atoms with Crippen LogP contribution in [-0.4, -0.2) is 156 Å². The second kappa shape index (κ2) is 36.8. The first-order valence-corrected chi connectivity index (χ1v) is 25.7. The summed E-state index contributed by atoms with van der Waals surface area (Å²) >= 11 is 1.44. The number of carbonyl (C=O) groups excluding carboxylic acids is 8. The number of nitrogens with one attached hydrogen (secondary N) is 8. The van der Waals surface area contributed by atoms with Crippen LogP contribution >= 0.6 is 11.8 Å². The fourth-order valence-corrected chi connectivity index (χ4v) is 7.33. The molecule has 0 spiro atoms. The maximum Gasteiger partial charge on any atom is 0.326 e. The van der Waals surface area contributed by atoms with Crippen LogP contribution in [0.25, 0.3) is 0 Å². The molecule has 0 aromatic rings. The van der Waals surface area contributed by atoms with E-state index in [0.29, 0.717) is 76.6 Å². The number of carboxylic acid groups (broad SMARTS) is 2. The van der Waals surface area contributed by atoms with Crippen LogP contribution < -0.4 is 65.5 Å². The normalized spacial score (nSPS) is 15.4. The molecule has 18 N–H and O–H groups in total. The molecule has 10 atom stereocenters. The van der Waals surface area contributed by atoms with Gasteiger partial charge >= 0.3 is 11.9 Å². The maximum absolute atomic E-state index is 14.0. The van der Waals surface area contributed by atoms with Gasteiger partial charge in [0, 0.05) is 6.42 Å². The Balaban J connectivity index is 6.19. The van der Waals surface area contributed by atoms with E-state index in [2.05, 4.69) is 42.5 Å². The fourth-order valence-electron chi connectivity index (χ4n) is 6.85. The Morgan fingerprint density at radius 3 is 1.41 bits per heavy atom. The van der Waals surface area contributed by atoms with E-state index >= 15 is 0 Å². The highest BCUT2D eigenvalue weighted by molar-refractivity contribution is 7.98. The highest BCUT2D eigenvalue weighted by Gasteiger charge is 2.35. The highest BCUT2D eigenvalue weighted by Crippen LogP contribution is 2.14. The summed E-state index contributed by atoms with van der Waals surface area (Å²) in [7, 11) is 0. The number of amides is 8. The van der Waals surface area contributed by atoms with Gasteiger partial charge < -0.3 is 75.7 Å². The molecule has 402 valence electrons. The van der Waals surface area contributed by atoms with Gasteiger partial charge in [0.25, 0.3) is 0 Å². The molecule has 0 bridgehead atoms. The number of unbranched alkanes of at least 4 members (excludes halogenated alkanes) is 3. The molecule has 0 aromatic heterocycles. The molecule has 0 saturated carbocycles. The second-order valence-electron chi connectivity index (χ2n) is 17.5. The third kappa shape index (κ3) is 26.2. The fraction of sp³-hybridized carbons (Fsp3) is 0.778. The van der Waals surface area contributed by atoms with Crippen LogP contribution in [0.1, 0.15) is 125 Å². The van der Waals surface area contributed by atoms with Crippen molar-refractivity contribution in [3.05, 3.63) is 0 Å². The van der Waals surface area contributed by atoms with Crippen molar-refractivity contribution < 1.29 is 58.2 Å². The van der Waals surface area contributed by atoms with E-state index in [4.69, 9.17) is 22.9 Å². The number of carboxylic acids is 2. The summed E-state index contributed by atoms with van der Waals surface area (Å²) in [6.45, 7) is 8.58. The molecule has 0 aliphatic heterocycles. The molecule has 0 aliphatic carbocycles. The van der Waals surface area contributed by atoms with E-state index in [0.717, 1.165) is 0 Å². The lowest BCUT2D eigenvalue weighted by Crippen LogP contribution is -2.60. The van der Waals surface area contributed by atoms with Gasteiger partial charge in [-0.1, -0.05) is 47.0 Å². The van der Waals surface area contributed by atoms with Crippen LogP contribution in [0.4, 0.5) is 0 Å². The number of carbonyl (C=O) groups is 10. The van der Waals surface area contributed by atoms with Crippen LogP contribution in [-0.2, 0) is 47.9 Å². The van der Waals surface area contributed by atoms with Crippen LogP contribution in [0, 0.1) is 11.8 Å². The molecular formula is C45H84N12O12S. The summed E-state index contributed by atoms with van der Waals surface area (Å²) in [5, 5.41) is 39.6. The standard InChI is InChI=1S/C45H84N12O12S/c1-7-26(3)36(44(67)55-31(17-11-14-23-48)43(66)57-37(45(68)69)27(4)8-2)56-42(65)30(16-10-13-22-47)54-41(64)32(18-19-35(59)60)52-34(58)25-50-38(61)28(5)51-40(63)33(20-24-70-6)53-39(62)29(49)15-9-12-21-46/h26-33,36-37H,7-25,46-49H2,1-6H3,(H,50,61)(H,51,63)(H,52,58)(H,53,62)(H,54,64)(H,55,67)(H,56,65)(H,57,66)(H,59,60)(H,68,69)/t26-,27-,28-,29-,30-,31-,32-,33-,36-,37-/m0/s1. The molecular weight excluding hydrogens is 933 g/mol. The van der Waals surface area contributed by atoms with Crippen LogP contribution in [0.3, 0.4) is 0 Å². The zero-order chi connectivity index (χ0) is 53.3. The predicted molar refractivity (Wildman–Crippen MR) is 265 cm³/mol. The number of aliphatic carboxylic acids is 2. The Bertz CT molecular complexity index is 1680. The molecule has 25 heteroatoms. The Morgan fingerprint density at radius 2 is 0.929 bits per heavy atom. The monoisotopic (exact) mass is 1020 g/mol. The van der Waals surface area contributed by atoms with Gasteiger partial charge in [-0.05, 0) is 115 Å². The number of hydrogen-bond acceptors (Lipinski definition) is 15. The lowest BCUT2D eigenvalue weighted by atomic mass is 9.96. The molecule has 0 radical (unpaired) electrons. The third-order valence-corrected chi connectivity index (χ3v) is 12.4. The summed E-state index contributed by atoms with van der Waals surface area (Å²) < 4.78 is 0. The SMILES string of the molecule is CC[C@H](C)[C@H](NC(=O)[C@H](CCCCN)NC(=O)[C@@H](NC(=O)[C@H](CCCCN)NC(=O)[C@H](CCC(=O)O)NC(=O)CNC(=O)[C@H](C)NC(=O)[C@H](CCSC)NC(=O)[C@@H](N)CCCCN)[C@@H](C)CC)C(=O)O. The molecule has 0 rings (SSSR count). The first kappa shape index (κ1) is 64.9. The molecule has 70 heavy (non-hydrogen) atoms. The number of thioether (sulfide) groups is 1. The summed E-state index contributed by atoms with van der Waals surface area (Å²) in [6.07, 6.45) is 5.41. The van der Waals surface area contributed by atoms with E-state index in [1.54, 1.807) is 27.7 Å². The van der Waals surface area contributed by atoms with Crippen molar-refractivity contribution in [2.45, 2.75) is 173 Å².